The zero-order chi connectivity index (χ0) is 17.3. The van der Waals surface area contributed by atoms with Gasteiger partial charge in [0.25, 0.3) is 0 Å². The third-order valence-corrected chi connectivity index (χ3v) is 4.91. The number of furan rings is 1. The van der Waals surface area contributed by atoms with Gasteiger partial charge in [0.1, 0.15) is 23.0 Å². The van der Waals surface area contributed by atoms with Crippen LogP contribution < -0.4 is 11.4 Å². The molecule has 2 heterocycles. The van der Waals surface area contributed by atoms with E-state index >= 15 is 0 Å². The first-order valence-electron chi connectivity index (χ1n) is 8.74. The average molecular weight is 331 g/mol. The van der Waals surface area contributed by atoms with Gasteiger partial charge in [0.05, 0.1) is 11.5 Å². The van der Waals surface area contributed by atoms with Gasteiger partial charge in [0, 0.05) is 24.9 Å². The normalized spacial score (nSPS) is 17.0. The Morgan fingerprint density at radius 2 is 2.00 bits per heavy atom. The molecular weight excluding hydrogens is 306 g/mol. The first-order valence-corrected chi connectivity index (χ1v) is 8.74. The number of hydrogen-bond acceptors (Lipinski definition) is 5. The zero-order valence-electron chi connectivity index (χ0n) is 14.2. The van der Waals surface area contributed by atoms with Crippen molar-refractivity contribution < 1.29 is 13.9 Å². The van der Waals surface area contributed by atoms with Crippen molar-refractivity contribution in [2.24, 2.45) is 11.7 Å². The summed E-state index contributed by atoms with van der Waals surface area (Å²) in [6.45, 7) is 4.38. The summed E-state index contributed by atoms with van der Waals surface area (Å²) in [6, 6.07) is 5.39. The molecule has 0 radical (unpaired) electrons. The fourth-order valence-corrected chi connectivity index (χ4v) is 3.27. The first-order chi connectivity index (χ1) is 11.6. The molecule has 3 N–H and O–H groups in total. The molecule has 0 bridgehead atoms. The van der Waals surface area contributed by atoms with E-state index in [0.29, 0.717) is 23.8 Å². The molecule has 5 nitrogen and oxygen atoms in total. The van der Waals surface area contributed by atoms with Crippen LogP contribution in [0, 0.1) is 5.92 Å². The summed E-state index contributed by atoms with van der Waals surface area (Å²) in [5.41, 5.74) is 5.55. The van der Waals surface area contributed by atoms with Crippen molar-refractivity contribution in [3.8, 4) is 5.75 Å². The van der Waals surface area contributed by atoms with Crippen molar-refractivity contribution >= 4 is 0 Å². The molecule has 2 unspecified atom stereocenters. The molecule has 5 heteroatoms. The number of aryl methyl sites for hydroxylation is 1. The first kappa shape index (κ1) is 16.8. The van der Waals surface area contributed by atoms with Crippen molar-refractivity contribution in [3.05, 3.63) is 51.5 Å². The van der Waals surface area contributed by atoms with Gasteiger partial charge in [-0.3, -0.25) is 0 Å². The Bertz CT molecular complexity index is 753. The second kappa shape index (κ2) is 6.85. The Morgan fingerprint density at radius 3 is 2.50 bits per heavy atom. The van der Waals surface area contributed by atoms with Gasteiger partial charge in [-0.2, -0.15) is 0 Å². The van der Waals surface area contributed by atoms with Gasteiger partial charge in [0.15, 0.2) is 0 Å². The van der Waals surface area contributed by atoms with Crippen molar-refractivity contribution in [1.82, 2.24) is 0 Å². The minimum atomic E-state index is -0.483. The SMILES string of the molecule is CCc1ccc(C(c2c(O)cc(C(CC)CN)oc2=O)C2CC2)o1. The third-order valence-electron chi connectivity index (χ3n) is 4.91. The Morgan fingerprint density at radius 1 is 1.25 bits per heavy atom. The molecular formula is C19H25NO4. The van der Waals surface area contributed by atoms with Gasteiger partial charge in [-0.15, -0.1) is 0 Å². The maximum atomic E-state index is 12.6. The molecule has 1 aliphatic rings. The lowest BCUT2D eigenvalue weighted by atomic mass is 9.91. The highest BCUT2D eigenvalue weighted by molar-refractivity contribution is 5.39. The molecule has 0 amide bonds. The van der Waals surface area contributed by atoms with Crippen LogP contribution in [0.2, 0.25) is 0 Å². The van der Waals surface area contributed by atoms with E-state index in [4.69, 9.17) is 14.6 Å². The molecule has 0 aromatic carbocycles. The number of nitrogens with two attached hydrogens (primary N) is 1. The quantitative estimate of drug-likeness (QED) is 0.810. The van der Waals surface area contributed by atoms with Gasteiger partial charge in [-0.25, -0.2) is 4.79 Å². The van der Waals surface area contributed by atoms with E-state index in [0.717, 1.165) is 37.2 Å². The van der Waals surface area contributed by atoms with Gasteiger partial charge >= 0.3 is 5.63 Å². The van der Waals surface area contributed by atoms with Crippen LogP contribution in [0.25, 0.3) is 0 Å². The number of rotatable bonds is 7. The molecule has 1 saturated carbocycles. The summed E-state index contributed by atoms with van der Waals surface area (Å²) >= 11 is 0. The molecule has 24 heavy (non-hydrogen) atoms. The molecule has 0 aliphatic heterocycles. The monoisotopic (exact) mass is 331 g/mol. The Labute approximate surface area is 141 Å². The zero-order valence-corrected chi connectivity index (χ0v) is 14.2. The molecule has 3 rings (SSSR count). The van der Waals surface area contributed by atoms with Gasteiger partial charge in [0.2, 0.25) is 0 Å². The van der Waals surface area contributed by atoms with Crippen molar-refractivity contribution in [2.45, 2.75) is 51.4 Å². The van der Waals surface area contributed by atoms with Crippen molar-refractivity contribution in [2.75, 3.05) is 6.54 Å². The summed E-state index contributed by atoms with van der Waals surface area (Å²) in [5.74, 6) is 2.06. The van der Waals surface area contributed by atoms with Crippen molar-refractivity contribution in [1.29, 1.82) is 0 Å². The van der Waals surface area contributed by atoms with E-state index in [2.05, 4.69) is 0 Å². The Balaban J connectivity index is 2.04. The van der Waals surface area contributed by atoms with E-state index in [1.54, 1.807) is 6.07 Å². The van der Waals surface area contributed by atoms with Crippen LogP contribution in [0.3, 0.4) is 0 Å². The van der Waals surface area contributed by atoms with E-state index in [-0.39, 0.29) is 17.6 Å². The summed E-state index contributed by atoms with van der Waals surface area (Å²) in [6.07, 6.45) is 3.59. The second-order valence-electron chi connectivity index (χ2n) is 6.55. The standard InChI is InChI=1S/C19H25NO4/c1-3-11(10-20)16-9-14(21)18(19(22)24-16)17(12-5-6-12)15-8-7-13(4-2)23-15/h7-9,11-12,17,21H,3-6,10,20H2,1-2H3. The predicted octanol–water partition coefficient (Wildman–Crippen LogP) is 3.50. The van der Waals surface area contributed by atoms with E-state index in [1.165, 1.54) is 0 Å². The van der Waals surface area contributed by atoms with E-state index in [9.17, 15) is 9.90 Å². The summed E-state index contributed by atoms with van der Waals surface area (Å²) in [5, 5.41) is 10.5. The molecule has 130 valence electrons. The van der Waals surface area contributed by atoms with Gasteiger partial charge in [-0.05, 0) is 37.3 Å². The van der Waals surface area contributed by atoms with Crippen LogP contribution in [0.4, 0.5) is 0 Å². The molecule has 0 saturated heterocycles. The highest BCUT2D eigenvalue weighted by Crippen LogP contribution is 2.48. The average Bonchev–Trinajstić information content (AvgIpc) is 3.28. The van der Waals surface area contributed by atoms with Crippen LogP contribution in [-0.4, -0.2) is 11.7 Å². The van der Waals surface area contributed by atoms with Crippen molar-refractivity contribution in [3.63, 3.8) is 0 Å². The topological polar surface area (TPSA) is 89.6 Å². The smallest absolute Gasteiger partial charge is 0.343 e. The minimum absolute atomic E-state index is 0.0144. The summed E-state index contributed by atoms with van der Waals surface area (Å²) in [7, 11) is 0. The molecule has 0 spiro atoms. The van der Waals surface area contributed by atoms with Gasteiger partial charge in [-0.1, -0.05) is 13.8 Å². The highest BCUT2D eigenvalue weighted by Gasteiger charge is 2.39. The van der Waals surface area contributed by atoms with Crippen LogP contribution in [0.5, 0.6) is 5.75 Å². The Hall–Kier alpha value is -2.01. The highest BCUT2D eigenvalue weighted by atomic mass is 16.4. The van der Waals surface area contributed by atoms with E-state index < -0.39 is 5.63 Å². The van der Waals surface area contributed by atoms with Crippen LogP contribution in [0.15, 0.2) is 31.8 Å². The molecule has 1 aliphatic carbocycles. The lowest BCUT2D eigenvalue weighted by molar-refractivity contribution is 0.369. The third kappa shape index (κ3) is 3.13. The lowest BCUT2D eigenvalue weighted by Crippen LogP contribution is -2.19. The maximum absolute atomic E-state index is 12.6. The summed E-state index contributed by atoms with van der Waals surface area (Å²) in [4.78, 5) is 12.6. The molecule has 2 aromatic heterocycles. The number of hydrogen-bond donors (Lipinski definition) is 2. The largest absolute Gasteiger partial charge is 0.507 e. The predicted molar refractivity (Wildman–Crippen MR) is 91.4 cm³/mol. The second-order valence-corrected chi connectivity index (χ2v) is 6.55. The van der Waals surface area contributed by atoms with E-state index in [1.807, 2.05) is 26.0 Å². The lowest BCUT2D eigenvalue weighted by Gasteiger charge is -2.17. The van der Waals surface area contributed by atoms with Crippen LogP contribution >= 0.6 is 0 Å². The summed E-state index contributed by atoms with van der Waals surface area (Å²) < 4.78 is 11.4. The fraction of sp³-hybridized carbons (Fsp3) is 0.526. The molecule has 2 atom stereocenters. The van der Waals surface area contributed by atoms with Gasteiger partial charge < -0.3 is 19.7 Å². The molecule has 2 aromatic rings. The van der Waals surface area contributed by atoms with Crippen LogP contribution in [0.1, 0.15) is 67.8 Å². The fourth-order valence-electron chi connectivity index (χ4n) is 3.27. The minimum Gasteiger partial charge on any atom is -0.507 e. The van der Waals surface area contributed by atoms with Crippen LogP contribution in [-0.2, 0) is 6.42 Å². The number of aromatic hydroxyl groups is 1. The maximum Gasteiger partial charge on any atom is 0.343 e. The Kier molecular flexibility index (Phi) is 4.81. The molecule has 1 fully saturated rings.